The van der Waals surface area contributed by atoms with E-state index in [4.69, 9.17) is 11.6 Å². The van der Waals surface area contributed by atoms with Crippen molar-refractivity contribution in [2.24, 2.45) is 0 Å². The van der Waals surface area contributed by atoms with E-state index < -0.39 is 0 Å². The maximum atomic E-state index is 5.94. The van der Waals surface area contributed by atoms with Crippen LogP contribution in [0, 0.1) is 10.5 Å². The van der Waals surface area contributed by atoms with Crippen LogP contribution in [0.25, 0.3) is 0 Å². The number of anilines is 1. The molecule has 17 heavy (non-hydrogen) atoms. The Hall–Kier alpha value is -0.330. The molecule has 1 N–H and O–H groups in total. The molecular formula is C12H12ClIN2S. The van der Waals surface area contributed by atoms with Crippen LogP contribution in [-0.4, -0.2) is 4.98 Å². The summed E-state index contributed by atoms with van der Waals surface area (Å²) in [6.07, 6.45) is 0. The number of nitrogens with one attached hydrogen (secondary N) is 1. The van der Waals surface area contributed by atoms with Crippen LogP contribution in [0.15, 0.2) is 23.7 Å². The molecule has 2 aromatic rings. The van der Waals surface area contributed by atoms with Crippen LogP contribution >= 0.6 is 45.5 Å². The summed E-state index contributed by atoms with van der Waals surface area (Å²) in [7, 11) is 0. The van der Waals surface area contributed by atoms with Crippen molar-refractivity contribution in [3.63, 3.8) is 0 Å². The smallest absolute Gasteiger partial charge is 0.0798 e. The van der Waals surface area contributed by atoms with Crippen molar-refractivity contribution < 1.29 is 0 Å². The number of nitrogens with zero attached hydrogens (tertiary/aromatic N) is 1. The minimum atomic E-state index is 0.261. The van der Waals surface area contributed by atoms with E-state index in [9.17, 15) is 0 Å². The summed E-state index contributed by atoms with van der Waals surface area (Å²) < 4.78 is 1.13. The van der Waals surface area contributed by atoms with E-state index in [1.165, 1.54) is 4.88 Å². The van der Waals surface area contributed by atoms with E-state index in [-0.39, 0.29) is 6.04 Å². The molecule has 0 aliphatic rings. The zero-order chi connectivity index (χ0) is 12.4. The average molecular weight is 379 g/mol. The lowest BCUT2D eigenvalue weighted by Gasteiger charge is -2.15. The molecule has 0 spiro atoms. The highest BCUT2D eigenvalue weighted by atomic mass is 127. The molecule has 0 amide bonds. The van der Waals surface area contributed by atoms with Gasteiger partial charge in [-0.3, -0.25) is 0 Å². The second-order valence-corrected chi connectivity index (χ2v) is 6.28. The maximum Gasteiger partial charge on any atom is 0.0798 e. The molecule has 0 aliphatic carbocycles. The Morgan fingerprint density at radius 3 is 2.82 bits per heavy atom. The second kappa shape index (κ2) is 5.54. The first kappa shape index (κ1) is 13.1. The summed E-state index contributed by atoms with van der Waals surface area (Å²) in [5.41, 5.74) is 4.09. The highest BCUT2D eigenvalue weighted by Crippen LogP contribution is 2.28. The summed E-state index contributed by atoms with van der Waals surface area (Å²) in [6.45, 7) is 4.18. The number of hydrogen-bond donors (Lipinski definition) is 1. The third-order valence-corrected chi connectivity index (χ3v) is 4.72. The van der Waals surface area contributed by atoms with Gasteiger partial charge in [0.15, 0.2) is 0 Å². The van der Waals surface area contributed by atoms with Crippen LogP contribution in [0.2, 0.25) is 5.02 Å². The van der Waals surface area contributed by atoms with Crippen LogP contribution in [0.4, 0.5) is 5.69 Å². The number of thiazole rings is 1. The third-order valence-electron chi connectivity index (χ3n) is 2.48. The van der Waals surface area contributed by atoms with Gasteiger partial charge in [0.1, 0.15) is 0 Å². The number of aromatic nitrogens is 1. The van der Waals surface area contributed by atoms with Crippen molar-refractivity contribution in [3.8, 4) is 0 Å². The Morgan fingerprint density at radius 1 is 1.47 bits per heavy atom. The highest BCUT2D eigenvalue weighted by Gasteiger charge is 2.12. The van der Waals surface area contributed by atoms with Crippen LogP contribution in [-0.2, 0) is 0 Å². The van der Waals surface area contributed by atoms with Gasteiger partial charge >= 0.3 is 0 Å². The molecule has 2 nitrogen and oxygen atoms in total. The molecule has 0 radical (unpaired) electrons. The van der Waals surface area contributed by atoms with Gasteiger partial charge < -0.3 is 5.32 Å². The molecule has 0 saturated carbocycles. The molecule has 0 bridgehead atoms. The lowest BCUT2D eigenvalue weighted by Crippen LogP contribution is -2.07. The Morgan fingerprint density at radius 2 is 2.24 bits per heavy atom. The maximum absolute atomic E-state index is 5.94. The lowest BCUT2D eigenvalue weighted by atomic mass is 10.2. The van der Waals surface area contributed by atoms with Crippen LogP contribution < -0.4 is 5.32 Å². The van der Waals surface area contributed by atoms with Crippen molar-refractivity contribution in [1.29, 1.82) is 0 Å². The van der Waals surface area contributed by atoms with Crippen molar-refractivity contribution in [2.75, 3.05) is 5.32 Å². The number of hydrogen-bond acceptors (Lipinski definition) is 3. The van der Waals surface area contributed by atoms with Crippen LogP contribution in [0.5, 0.6) is 0 Å². The molecule has 1 aromatic carbocycles. The summed E-state index contributed by atoms with van der Waals surface area (Å²) in [5.74, 6) is 0. The van der Waals surface area contributed by atoms with Gasteiger partial charge in [0.05, 0.1) is 17.2 Å². The zero-order valence-electron chi connectivity index (χ0n) is 9.50. The number of halogens is 2. The van der Waals surface area contributed by atoms with Gasteiger partial charge in [0, 0.05) is 19.2 Å². The van der Waals surface area contributed by atoms with Gasteiger partial charge in [-0.15, -0.1) is 11.3 Å². The first-order valence-electron chi connectivity index (χ1n) is 5.19. The predicted molar refractivity (Wildman–Crippen MR) is 83.1 cm³/mol. The molecule has 1 atom stereocenters. The van der Waals surface area contributed by atoms with Gasteiger partial charge in [0.25, 0.3) is 0 Å². The molecule has 1 aromatic heterocycles. The van der Waals surface area contributed by atoms with E-state index in [1.807, 2.05) is 30.6 Å². The molecular weight excluding hydrogens is 367 g/mol. The number of benzene rings is 1. The van der Waals surface area contributed by atoms with Gasteiger partial charge in [-0.05, 0) is 54.6 Å². The normalized spacial score (nSPS) is 12.5. The largest absolute Gasteiger partial charge is 0.377 e. The van der Waals surface area contributed by atoms with Gasteiger partial charge in [-0.2, -0.15) is 0 Å². The number of aryl methyl sites for hydroxylation is 1. The van der Waals surface area contributed by atoms with Crippen molar-refractivity contribution in [2.45, 2.75) is 19.9 Å². The van der Waals surface area contributed by atoms with Gasteiger partial charge in [0.2, 0.25) is 0 Å². The quantitative estimate of drug-likeness (QED) is 0.770. The summed E-state index contributed by atoms with van der Waals surface area (Å²) in [6, 6.07) is 6.13. The molecule has 1 heterocycles. The first-order chi connectivity index (χ1) is 8.08. The highest BCUT2D eigenvalue weighted by molar-refractivity contribution is 14.1. The fraction of sp³-hybridized carbons (Fsp3) is 0.250. The minimum Gasteiger partial charge on any atom is -0.377 e. The second-order valence-electron chi connectivity index (χ2n) is 3.79. The van der Waals surface area contributed by atoms with E-state index in [2.05, 4.69) is 39.8 Å². The zero-order valence-corrected chi connectivity index (χ0v) is 13.2. The van der Waals surface area contributed by atoms with Crippen LogP contribution in [0.3, 0.4) is 0 Å². The Balaban J connectivity index is 2.19. The van der Waals surface area contributed by atoms with Crippen LogP contribution in [0.1, 0.15) is 23.5 Å². The molecule has 5 heteroatoms. The van der Waals surface area contributed by atoms with Crippen molar-refractivity contribution in [3.05, 3.63) is 42.9 Å². The lowest BCUT2D eigenvalue weighted by molar-refractivity contribution is 0.889. The Labute approximate surface area is 124 Å². The standard InChI is InChI=1S/C12H12ClIN2S/c1-7-12(17-6-15-7)8(2)16-11-4-3-9(13)5-10(11)14/h3-6,8,16H,1-2H3. The van der Waals surface area contributed by atoms with Crippen molar-refractivity contribution >= 4 is 51.2 Å². The molecule has 1 unspecified atom stereocenters. The molecule has 0 fully saturated rings. The molecule has 0 aliphatic heterocycles. The van der Waals surface area contributed by atoms with Gasteiger partial charge in [-0.1, -0.05) is 11.6 Å². The van der Waals surface area contributed by atoms with Crippen molar-refractivity contribution in [1.82, 2.24) is 4.98 Å². The Kier molecular flexibility index (Phi) is 4.27. The predicted octanol–water partition coefficient (Wildman–Crippen LogP) is 4.88. The first-order valence-corrected chi connectivity index (χ1v) is 7.53. The fourth-order valence-corrected chi connectivity index (χ4v) is 3.47. The van der Waals surface area contributed by atoms with E-state index in [1.54, 1.807) is 11.3 Å². The molecule has 2 rings (SSSR count). The summed E-state index contributed by atoms with van der Waals surface area (Å²) in [5, 5.41) is 4.25. The minimum absolute atomic E-state index is 0.261. The Bertz CT molecular complexity index is 527. The SMILES string of the molecule is Cc1ncsc1C(C)Nc1ccc(Cl)cc1I. The molecule has 0 saturated heterocycles. The third kappa shape index (κ3) is 3.11. The average Bonchev–Trinajstić information content (AvgIpc) is 2.68. The van der Waals surface area contributed by atoms with E-state index >= 15 is 0 Å². The summed E-state index contributed by atoms with van der Waals surface area (Å²) in [4.78, 5) is 5.55. The molecule has 90 valence electrons. The topological polar surface area (TPSA) is 24.9 Å². The van der Waals surface area contributed by atoms with E-state index in [0.717, 1.165) is 20.0 Å². The summed E-state index contributed by atoms with van der Waals surface area (Å²) >= 11 is 9.91. The number of rotatable bonds is 3. The monoisotopic (exact) mass is 378 g/mol. The van der Waals surface area contributed by atoms with E-state index in [0.29, 0.717) is 0 Å². The fourth-order valence-electron chi connectivity index (χ4n) is 1.63. The van der Waals surface area contributed by atoms with Gasteiger partial charge in [-0.25, -0.2) is 4.98 Å².